The molecule has 0 saturated heterocycles. The average molecular weight is 369 g/mol. The summed E-state index contributed by atoms with van der Waals surface area (Å²) in [4.78, 5) is 23.7. The minimum absolute atomic E-state index is 0.0426. The van der Waals surface area contributed by atoms with Gasteiger partial charge in [0.2, 0.25) is 0 Å². The Labute approximate surface area is 152 Å². The van der Waals surface area contributed by atoms with E-state index in [1.807, 2.05) is 6.92 Å². The molecule has 0 spiro atoms. The van der Waals surface area contributed by atoms with Crippen LogP contribution in [0.1, 0.15) is 24.2 Å². The maximum absolute atomic E-state index is 12.3. The number of carbonyl (C=O) groups is 2. The lowest BCUT2D eigenvalue weighted by molar-refractivity contribution is -0.126. The lowest BCUT2D eigenvalue weighted by Gasteiger charge is -2.13. The highest BCUT2D eigenvalue weighted by Gasteiger charge is 2.13. The van der Waals surface area contributed by atoms with Crippen LogP contribution in [0.25, 0.3) is 0 Å². The number of para-hydroxylation sites is 1. The molecule has 0 aromatic heterocycles. The second kappa shape index (κ2) is 12.2. The van der Waals surface area contributed by atoms with Gasteiger partial charge < -0.3 is 14.2 Å². The van der Waals surface area contributed by atoms with Crippen molar-refractivity contribution in [2.45, 2.75) is 13.8 Å². The quantitative estimate of drug-likeness (QED) is 0.336. The van der Waals surface area contributed by atoms with Crippen molar-refractivity contribution in [3.8, 4) is 5.75 Å². The molecule has 0 aliphatic heterocycles. The summed E-state index contributed by atoms with van der Waals surface area (Å²) in [5, 5.41) is 2.42. The van der Waals surface area contributed by atoms with Gasteiger partial charge in [0.1, 0.15) is 19.0 Å². The number of carbonyl (C=O) groups excluding carboxylic acids is 2. The first-order valence-corrected chi connectivity index (χ1v) is 8.26. The highest BCUT2D eigenvalue weighted by atomic mass is 32.1. The fraction of sp³-hybridized carbons (Fsp3) is 0.438. The van der Waals surface area contributed by atoms with Crippen LogP contribution in [0.3, 0.4) is 0 Å². The van der Waals surface area contributed by atoms with Crippen molar-refractivity contribution in [2.24, 2.45) is 0 Å². The Kier molecular flexibility index (Phi) is 10.1. The van der Waals surface area contributed by atoms with Crippen LogP contribution in [0.5, 0.6) is 5.75 Å². The van der Waals surface area contributed by atoms with Crippen LogP contribution < -0.4 is 20.9 Å². The van der Waals surface area contributed by atoms with E-state index in [0.29, 0.717) is 37.7 Å². The largest absolute Gasteiger partial charge is 0.490 e. The molecule has 0 aliphatic rings. The first-order valence-electron chi connectivity index (χ1n) is 7.85. The van der Waals surface area contributed by atoms with Gasteiger partial charge in [0, 0.05) is 13.2 Å². The van der Waals surface area contributed by atoms with Gasteiger partial charge in [-0.05, 0) is 38.2 Å². The number of hydrogen-bond acceptors (Lipinski definition) is 6. The highest BCUT2D eigenvalue weighted by Crippen LogP contribution is 2.17. The molecule has 1 rings (SSSR count). The van der Waals surface area contributed by atoms with Crippen LogP contribution in [0.2, 0.25) is 0 Å². The van der Waals surface area contributed by atoms with Crippen LogP contribution >= 0.6 is 12.2 Å². The number of hydrogen-bond donors (Lipinski definition) is 3. The van der Waals surface area contributed by atoms with Crippen molar-refractivity contribution in [1.82, 2.24) is 16.2 Å². The molecule has 0 bridgehead atoms. The first-order chi connectivity index (χ1) is 12.1. The van der Waals surface area contributed by atoms with Crippen molar-refractivity contribution in [2.75, 3.05) is 33.0 Å². The first kappa shape index (κ1) is 20.8. The van der Waals surface area contributed by atoms with E-state index in [9.17, 15) is 9.59 Å². The van der Waals surface area contributed by atoms with Crippen LogP contribution in [-0.2, 0) is 14.3 Å². The molecule has 2 amide bonds. The lowest BCUT2D eigenvalue weighted by Crippen LogP contribution is -2.49. The van der Waals surface area contributed by atoms with Crippen molar-refractivity contribution in [3.05, 3.63) is 29.8 Å². The number of thiocarbonyl (C=S) groups is 1. The van der Waals surface area contributed by atoms with E-state index >= 15 is 0 Å². The van der Waals surface area contributed by atoms with E-state index < -0.39 is 11.8 Å². The summed E-state index contributed by atoms with van der Waals surface area (Å²) in [6, 6.07) is 6.77. The zero-order valence-electron chi connectivity index (χ0n) is 14.3. The zero-order chi connectivity index (χ0) is 18.5. The minimum atomic E-state index is -0.455. The molecule has 9 heteroatoms. The molecule has 25 heavy (non-hydrogen) atoms. The van der Waals surface area contributed by atoms with Gasteiger partial charge in [0.05, 0.1) is 12.2 Å². The molecule has 0 saturated carbocycles. The number of amides is 2. The van der Waals surface area contributed by atoms with E-state index in [2.05, 4.69) is 16.2 Å². The molecule has 8 nitrogen and oxygen atoms in total. The second-order valence-corrected chi connectivity index (χ2v) is 5.04. The molecule has 0 heterocycles. The Morgan fingerprint density at radius 1 is 1.04 bits per heavy atom. The lowest BCUT2D eigenvalue weighted by atomic mass is 10.2. The number of hydrazine groups is 1. The summed E-state index contributed by atoms with van der Waals surface area (Å²) in [6.07, 6.45) is 0. The monoisotopic (exact) mass is 369 g/mol. The highest BCUT2D eigenvalue weighted by molar-refractivity contribution is 7.80. The maximum Gasteiger partial charge on any atom is 0.264 e. The van der Waals surface area contributed by atoms with Gasteiger partial charge in [0.15, 0.2) is 5.11 Å². The van der Waals surface area contributed by atoms with Gasteiger partial charge in [-0.15, -0.1) is 0 Å². The molecule has 0 atom stereocenters. The van der Waals surface area contributed by atoms with E-state index in [1.165, 1.54) is 0 Å². The molecule has 0 radical (unpaired) electrons. The molecule has 3 N–H and O–H groups in total. The fourth-order valence-electron chi connectivity index (χ4n) is 1.69. The van der Waals surface area contributed by atoms with Crippen LogP contribution in [0, 0.1) is 0 Å². The van der Waals surface area contributed by atoms with E-state index in [0.717, 1.165) is 0 Å². The van der Waals surface area contributed by atoms with E-state index in [4.69, 9.17) is 26.4 Å². The second-order valence-electron chi connectivity index (χ2n) is 4.64. The molecule has 1 aromatic carbocycles. The third-order valence-electron chi connectivity index (χ3n) is 2.80. The van der Waals surface area contributed by atoms with Gasteiger partial charge in [-0.25, -0.2) is 0 Å². The van der Waals surface area contributed by atoms with E-state index in [-0.39, 0.29) is 11.7 Å². The smallest absolute Gasteiger partial charge is 0.264 e. The number of benzene rings is 1. The predicted molar refractivity (Wildman–Crippen MR) is 96.3 cm³/mol. The van der Waals surface area contributed by atoms with Gasteiger partial charge in [-0.1, -0.05) is 12.1 Å². The van der Waals surface area contributed by atoms with Gasteiger partial charge in [0.25, 0.3) is 11.8 Å². The van der Waals surface area contributed by atoms with Gasteiger partial charge in [-0.2, -0.15) is 0 Å². The number of nitrogens with one attached hydrogen (secondary N) is 3. The molecule has 1 aromatic rings. The van der Waals surface area contributed by atoms with Crippen molar-refractivity contribution < 1.29 is 23.8 Å². The molecule has 138 valence electrons. The molecule has 0 aliphatic carbocycles. The third kappa shape index (κ3) is 8.43. The Balaban J connectivity index is 2.50. The third-order valence-corrected chi connectivity index (χ3v) is 3.00. The Morgan fingerprint density at radius 3 is 2.48 bits per heavy atom. The Hall–Kier alpha value is -2.23. The van der Waals surface area contributed by atoms with Crippen LogP contribution in [-0.4, -0.2) is 50.0 Å². The standard InChI is InChI=1S/C16H23N3O5S/c1-3-22-9-10-24-13-8-6-5-7-12(13)15(21)17-16(25)19-18-14(20)11-23-4-2/h5-8H,3-4,9-11H2,1-2H3,(H,18,20)(H2,17,19,21,25). The van der Waals surface area contributed by atoms with Gasteiger partial charge >= 0.3 is 0 Å². The zero-order valence-corrected chi connectivity index (χ0v) is 15.1. The summed E-state index contributed by atoms with van der Waals surface area (Å²) < 4.78 is 15.7. The predicted octanol–water partition coefficient (Wildman–Crippen LogP) is 0.774. The molecular weight excluding hydrogens is 346 g/mol. The SMILES string of the molecule is CCOCCOc1ccccc1C(=O)NC(=S)NNC(=O)COCC. The van der Waals surface area contributed by atoms with Crippen molar-refractivity contribution in [1.29, 1.82) is 0 Å². The summed E-state index contributed by atoms with van der Waals surface area (Å²) >= 11 is 4.97. The molecular formula is C16H23N3O5S. The van der Waals surface area contributed by atoms with Crippen molar-refractivity contribution in [3.63, 3.8) is 0 Å². The van der Waals surface area contributed by atoms with Crippen LogP contribution in [0.15, 0.2) is 24.3 Å². The average Bonchev–Trinajstić information content (AvgIpc) is 2.62. The van der Waals surface area contributed by atoms with E-state index in [1.54, 1.807) is 31.2 Å². The Morgan fingerprint density at radius 2 is 1.76 bits per heavy atom. The molecule has 0 fully saturated rings. The van der Waals surface area contributed by atoms with Crippen LogP contribution in [0.4, 0.5) is 0 Å². The Bertz CT molecular complexity index is 583. The number of ether oxygens (including phenoxy) is 3. The van der Waals surface area contributed by atoms with Gasteiger partial charge in [-0.3, -0.25) is 25.8 Å². The summed E-state index contributed by atoms with van der Waals surface area (Å²) in [5.74, 6) is -0.440. The fourth-order valence-corrected chi connectivity index (χ4v) is 1.84. The maximum atomic E-state index is 12.3. The summed E-state index contributed by atoms with van der Waals surface area (Å²) in [6.45, 7) is 5.35. The normalized spacial score (nSPS) is 10.0. The summed E-state index contributed by atoms with van der Waals surface area (Å²) in [5.41, 5.74) is 5.07. The molecule has 0 unspecified atom stereocenters. The number of rotatable bonds is 9. The topological polar surface area (TPSA) is 97.9 Å². The summed E-state index contributed by atoms with van der Waals surface area (Å²) in [7, 11) is 0. The minimum Gasteiger partial charge on any atom is -0.490 e. The van der Waals surface area contributed by atoms with Crippen molar-refractivity contribution >= 4 is 29.1 Å².